The maximum Gasteiger partial charge on any atom is 0.245 e. The minimum atomic E-state index is -1.64. The topological polar surface area (TPSA) is 236 Å². The summed E-state index contributed by atoms with van der Waals surface area (Å²) in [7, 11) is 0. The molecule has 0 aliphatic carbocycles. The van der Waals surface area contributed by atoms with Gasteiger partial charge in [-0.25, -0.2) is 10.4 Å². The number of nitrogens with zero attached hydrogens (tertiary/aromatic N) is 4. The fourth-order valence-electron chi connectivity index (χ4n) is 1.87. The molecule has 0 fully saturated rings. The van der Waals surface area contributed by atoms with Crippen LogP contribution in [0.5, 0.6) is 0 Å². The molecule has 0 saturated carbocycles. The van der Waals surface area contributed by atoms with Gasteiger partial charge in [0.25, 0.3) is 0 Å². The van der Waals surface area contributed by atoms with Crippen molar-refractivity contribution in [1.82, 2.24) is 9.97 Å². The van der Waals surface area contributed by atoms with E-state index in [0.717, 1.165) is 12.4 Å². The van der Waals surface area contributed by atoms with Gasteiger partial charge in [-0.15, -0.1) is 0 Å². The SMILES string of the molecule is Cc1cc(N/N=C/C(O)C(O)C(O)CO)nc(N/N=C/C(O)C(O)C(O)CO)n1. The summed E-state index contributed by atoms with van der Waals surface area (Å²) in [6, 6.07) is 1.49. The summed E-state index contributed by atoms with van der Waals surface area (Å²) < 4.78 is 0. The summed E-state index contributed by atoms with van der Waals surface area (Å²) in [5.41, 5.74) is 5.36. The largest absolute Gasteiger partial charge is 0.394 e. The molecule has 0 saturated heterocycles. The number of hydrazone groups is 2. The lowest BCUT2D eigenvalue weighted by molar-refractivity contribution is -0.0541. The van der Waals surface area contributed by atoms with E-state index in [0.29, 0.717) is 5.69 Å². The highest BCUT2D eigenvalue weighted by Crippen LogP contribution is 2.10. The lowest BCUT2D eigenvalue weighted by Crippen LogP contribution is -2.40. The van der Waals surface area contributed by atoms with Crippen molar-refractivity contribution in [2.75, 3.05) is 24.1 Å². The van der Waals surface area contributed by atoms with E-state index in [2.05, 4.69) is 31.0 Å². The van der Waals surface area contributed by atoms with Crippen LogP contribution in [-0.4, -0.2) is 113 Å². The molecule has 0 aromatic carbocycles. The molecule has 6 unspecified atom stereocenters. The number of hydrogen-bond acceptors (Lipinski definition) is 14. The van der Waals surface area contributed by atoms with Crippen molar-refractivity contribution in [3.05, 3.63) is 11.8 Å². The molecule has 0 aliphatic rings. The van der Waals surface area contributed by atoms with Gasteiger partial charge < -0.3 is 40.9 Å². The molecule has 0 amide bonds. The lowest BCUT2D eigenvalue weighted by atomic mass is 10.1. The molecule has 10 N–H and O–H groups in total. The minimum absolute atomic E-state index is 0.0142. The average Bonchev–Trinajstić information content (AvgIpc) is 2.70. The first-order valence-corrected chi connectivity index (χ1v) is 8.43. The number of aliphatic hydroxyl groups is 8. The Morgan fingerprint density at radius 1 is 0.862 bits per heavy atom. The molecule has 6 atom stereocenters. The molecule has 1 aromatic rings. The van der Waals surface area contributed by atoms with Gasteiger partial charge in [-0.2, -0.15) is 15.2 Å². The average molecular weight is 418 g/mol. The van der Waals surface area contributed by atoms with Crippen LogP contribution in [0.2, 0.25) is 0 Å². The maximum atomic E-state index is 9.62. The molecule has 0 radical (unpaired) electrons. The lowest BCUT2D eigenvalue weighted by Gasteiger charge is -2.18. The second-order valence-electron chi connectivity index (χ2n) is 5.96. The predicted octanol–water partition coefficient (Wildman–Crippen LogP) is -4.27. The third kappa shape index (κ3) is 8.30. The van der Waals surface area contributed by atoms with Gasteiger partial charge in [-0.05, 0) is 6.92 Å². The third-order valence-corrected chi connectivity index (χ3v) is 3.51. The number of aromatic nitrogens is 2. The second-order valence-corrected chi connectivity index (χ2v) is 5.96. The van der Waals surface area contributed by atoms with Gasteiger partial charge in [0, 0.05) is 11.8 Å². The fraction of sp³-hybridized carbons (Fsp3) is 0.600. The number of rotatable bonds is 12. The summed E-state index contributed by atoms with van der Waals surface area (Å²) in [6.45, 7) is 0.170. The van der Waals surface area contributed by atoms with Gasteiger partial charge in [0.15, 0.2) is 5.82 Å². The molecule has 1 aromatic heterocycles. The van der Waals surface area contributed by atoms with E-state index in [1.54, 1.807) is 6.92 Å². The van der Waals surface area contributed by atoms with Crippen LogP contribution in [0, 0.1) is 6.92 Å². The van der Waals surface area contributed by atoms with Crippen LogP contribution in [0.3, 0.4) is 0 Å². The zero-order valence-corrected chi connectivity index (χ0v) is 15.5. The Labute approximate surface area is 165 Å². The standard InChI is InChI=1S/C15H26N6O8/c1-7-2-12(20-16-3-8(24)13(28)10(26)5-22)19-15(18-7)21-17-4-9(25)14(29)11(27)6-23/h2-4,8-11,13-14,22-29H,5-6H2,1H3,(H2,18,19,20,21)/b16-3+,17-4+. The van der Waals surface area contributed by atoms with E-state index < -0.39 is 49.8 Å². The van der Waals surface area contributed by atoms with E-state index in [-0.39, 0.29) is 11.8 Å². The number of aryl methyl sites for hydroxylation is 1. The first-order chi connectivity index (χ1) is 13.7. The third-order valence-electron chi connectivity index (χ3n) is 3.51. The van der Waals surface area contributed by atoms with E-state index >= 15 is 0 Å². The summed E-state index contributed by atoms with van der Waals surface area (Å²) >= 11 is 0. The zero-order chi connectivity index (χ0) is 22.0. The normalized spacial score (nSPS) is 18.4. The molecular weight excluding hydrogens is 392 g/mol. The van der Waals surface area contributed by atoms with Crippen molar-refractivity contribution in [2.24, 2.45) is 10.2 Å². The van der Waals surface area contributed by atoms with Crippen LogP contribution >= 0.6 is 0 Å². The highest BCUT2D eigenvalue weighted by molar-refractivity contribution is 5.65. The number of hydrogen-bond donors (Lipinski definition) is 10. The number of nitrogens with one attached hydrogen (secondary N) is 2. The summed E-state index contributed by atoms with van der Waals surface area (Å²) in [6.07, 6.45) is -7.65. The number of aliphatic hydroxyl groups excluding tert-OH is 8. The molecular formula is C15H26N6O8. The van der Waals surface area contributed by atoms with Crippen LogP contribution in [0.4, 0.5) is 11.8 Å². The Balaban J connectivity index is 2.69. The molecule has 1 rings (SSSR count). The van der Waals surface area contributed by atoms with Crippen LogP contribution in [0.25, 0.3) is 0 Å². The van der Waals surface area contributed by atoms with Gasteiger partial charge in [0.05, 0.1) is 25.6 Å². The molecule has 0 spiro atoms. The van der Waals surface area contributed by atoms with E-state index in [1.165, 1.54) is 6.07 Å². The molecule has 1 heterocycles. The van der Waals surface area contributed by atoms with Crippen molar-refractivity contribution in [3.63, 3.8) is 0 Å². The van der Waals surface area contributed by atoms with E-state index in [9.17, 15) is 30.6 Å². The zero-order valence-electron chi connectivity index (χ0n) is 15.5. The second kappa shape index (κ2) is 12.3. The first-order valence-electron chi connectivity index (χ1n) is 8.43. The Hall–Kier alpha value is -2.30. The number of anilines is 2. The molecule has 14 nitrogen and oxygen atoms in total. The minimum Gasteiger partial charge on any atom is -0.394 e. The summed E-state index contributed by atoms with van der Waals surface area (Å²) in [5.74, 6) is 0.159. The Morgan fingerprint density at radius 2 is 1.34 bits per heavy atom. The molecule has 0 aliphatic heterocycles. The van der Waals surface area contributed by atoms with Gasteiger partial charge >= 0.3 is 0 Å². The van der Waals surface area contributed by atoms with Gasteiger partial charge in [-0.3, -0.25) is 5.43 Å². The van der Waals surface area contributed by atoms with Crippen molar-refractivity contribution in [1.29, 1.82) is 0 Å². The van der Waals surface area contributed by atoms with Crippen LogP contribution in [0.1, 0.15) is 5.69 Å². The van der Waals surface area contributed by atoms with Crippen LogP contribution in [-0.2, 0) is 0 Å². The Morgan fingerprint density at radius 3 is 1.83 bits per heavy atom. The monoisotopic (exact) mass is 418 g/mol. The smallest absolute Gasteiger partial charge is 0.245 e. The van der Waals surface area contributed by atoms with Crippen LogP contribution in [0.15, 0.2) is 16.3 Å². The molecule has 29 heavy (non-hydrogen) atoms. The maximum absolute atomic E-state index is 9.62. The Kier molecular flexibility index (Phi) is 10.5. The highest BCUT2D eigenvalue weighted by atomic mass is 16.4. The summed E-state index contributed by atoms with van der Waals surface area (Å²) in [5, 5.41) is 81.5. The van der Waals surface area contributed by atoms with Gasteiger partial charge in [0.2, 0.25) is 5.95 Å². The predicted molar refractivity (Wildman–Crippen MR) is 101 cm³/mol. The van der Waals surface area contributed by atoms with Crippen LogP contribution < -0.4 is 10.9 Å². The van der Waals surface area contributed by atoms with Gasteiger partial charge in [0.1, 0.15) is 36.6 Å². The Bertz CT molecular complexity index is 626. The van der Waals surface area contributed by atoms with Crippen molar-refractivity contribution >= 4 is 24.2 Å². The highest BCUT2D eigenvalue weighted by Gasteiger charge is 2.23. The first kappa shape index (κ1) is 24.7. The molecule has 0 bridgehead atoms. The van der Waals surface area contributed by atoms with Crippen molar-refractivity contribution < 1.29 is 40.9 Å². The van der Waals surface area contributed by atoms with E-state index in [1.807, 2.05) is 0 Å². The quantitative estimate of drug-likeness (QED) is 0.115. The fourth-order valence-corrected chi connectivity index (χ4v) is 1.87. The van der Waals surface area contributed by atoms with Crippen molar-refractivity contribution in [3.8, 4) is 0 Å². The van der Waals surface area contributed by atoms with E-state index in [4.69, 9.17) is 10.2 Å². The van der Waals surface area contributed by atoms with Crippen molar-refractivity contribution in [2.45, 2.75) is 43.5 Å². The molecule has 164 valence electrons. The summed E-state index contributed by atoms with van der Waals surface area (Å²) in [4.78, 5) is 8.01. The molecule has 14 heteroatoms. The van der Waals surface area contributed by atoms with Gasteiger partial charge in [-0.1, -0.05) is 0 Å².